The minimum atomic E-state index is -0.739. The molecule has 0 spiro atoms. The van der Waals surface area contributed by atoms with Crippen molar-refractivity contribution >= 4 is 5.97 Å². The van der Waals surface area contributed by atoms with Crippen LogP contribution < -0.4 is 0 Å². The highest BCUT2D eigenvalue weighted by molar-refractivity contribution is 5.89. The number of carboxylic acids is 1. The molecule has 0 radical (unpaired) electrons. The molecule has 1 rings (SSSR count). The Morgan fingerprint density at radius 1 is 1.50 bits per heavy atom. The lowest BCUT2D eigenvalue weighted by atomic mass is 9.73. The number of hydrogen-bond acceptors (Lipinski definition) is 1. The normalized spacial score (nSPS) is 22.6. The molecule has 1 N–H and O–H groups in total. The Bertz CT molecular complexity index is 236. The Balaban J connectivity index is 3.09. The Morgan fingerprint density at radius 2 is 2.08 bits per heavy atom. The van der Waals surface area contributed by atoms with Gasteiger partial charge in [-0.2, -0.15) is 0 Å². The van der Waals surface area contributed by atoms with E-state index < -0.39 is 5.97 Å². The van der Waals surface area contributed by atoms with E-state index in [2.05, 4.69) is 0 Å². The van der Waals surface area contributed by atoms with Crippen LogP contribution in [0.5, 0.6) is 0 Å². The molecule has 12 heavy (non-hydrogen) atoms. The fourth-order valence-electron chi connectivity index (χ4n) is 2.10. The molecule has 1 aliphatic carbocycles. The second-order valence-electron chi connectivity index (χ2n) is 4.20. The Morgan fingerprint density at radius 3 is 2.42 bits per heavy atom. The average Bonchev–Trinajstić information content (AvgIpc) is 1.82. The molecule has 0 fully saturated rings. The van der Waals surface area contributed by atoms with Crippen molar-refractivity contribution in [2.24, 2.45) is 5.41 Å². The first-order chi connectivity index (χ1) is 5.45. The highest BCUT2D eigenvalue weighted by Crippen LogP contribution is 2.39. The van der Waals surface area contributed by atoms with Crippen molar-refractivity contribution in [3.05, 3.63) is 11.1 Å². The maximum atomic E-state index is 10.9. The van der Waals surface area contributed by atoms with E-state index in [1.54, 1.807) is 0 Å². The van der Waals surface area contributed by atoms with E-state index in [0.29, 0.717) is 5.57 Å². The first kappa shape index (κ1) is 9.30. The Hall–Kier alpha value is -0.790. The molecule has 0 saturated carbocycles. The summed E-state index contributed by atoms with van der Waals surface area (Å²) < 4.78 is 0. The third-order valence-corrected chi connectivity index (χ3v) is 2.67. The number of aliphatic carboxylic acids is 1. The van der Waals surface area contributed by atoms with E-state index in [1.807, 2.05) is 20.8 Å². The molecule has 2 heteroatoms. The van der Waals surface area contributed by atoms with Gasteiger partial charge in [-0.3, -0.25) is 0 Å². The van der Waals surface area contributed by atoms with Gasteiger partial charge in [-0.1, -0.05) is 19.4 Å². The molecule has 0 atom stereocenters. The fraction of sp³-hybridized carbons (Fsp3) is 0.700. The quantitative estimate of drug-likeness (QED) is 0.653. The predicted octanol–water partition coefficient (Wildman–Crippen LogP) is 2.60. The van der Waals surface area contributed by atoms with Gasteiger partial charge in [0.1, 0.15) is 0 Å². The summed E-state index contributed by atoms with van der Waals surface area (Å²) >= 11 is 0. The summed E-state index contributed by atoms with van der Waals surface area (Å²) in [4.78, 5) is 10.9. The van der Waals surface area contributed by atoms with Crippen molar-refractivity contribution in [2.75, 3.05) is 0 Å². The molecule has 0 aromatic heterocycles. The van der Waals surface area contributed by atoms with E-state index in [-0.39, 0.29) is 5.41 Å². The van der Waals surface area contributed by atoms with Gasteiger partial charge < -0.3 is 5.11 Å². The van der Waals surface area contributed by atoms with Gasteiger partial charge in [0.15, 0.2) is 0 Å². The molecule has 68 valence electrons. The molecule has 0 aromatic rings. The minimum Gasteiger partial charge on any atom is -0.478 e. The number of carbonyl (C=O) groups is 1. The van der Waals surface area contributed by atoms with Gasteiger partial charge in [0, 0.05) is 5.57 Å². The lowest BCUT2D eigenvalue weighted by Crippen LogP contribution is -2.25. The summed E-state index contributed by atoms with van der Waals surface area (Å²) in [6.45, 7) is 5.96. The highest BCUT2D eigenvalue weighted by atomic mass is 16.4. The third kappa shape index (κ3) is 1.52. The largest absolute Gasteiger partial charge is 0.478 e. The number of carboxylic acid groups (broad SMARTS) is 1. The molecule has 0 heterocycles. The van der Waals surface area contributed by atoms with Crippen LogP contribution in [0.15, 0.2) is 11.1 Å². The molecule has 0 bridgehead atoms. The zero-order valence-corrected chi connectivity index (χ0v) is 7.98. The summed E-state index contributed by atoms with van der Waals surface area (Å²) in [7, 11) is 0. The van der Waals surface area contributed by atoms with Crippen LogP contribution in [0.4, 0.5) is 0 Å². The SMILES string of the molecule is CC1=C(C(=O)O)C(C)(C)CCC1. The van der Waals surface area contributed by atoms with Gasteiger partial charge in [0.2, 0.25) is 0 Å². The van der Waals surface area contributed by atoms with Crippen LogP contribution >= 0.6 is 0 Å². The number of rotatable bonds is 1. The van der Waals surface area contributed by atoms with E-state index >= 15 is 0 Å². The van der Waals surface area contributed by atoms with Crippen molar-refractivity contribution < 1.29 is 9.90 Å². The lowest BCUT2D eigenvalue weighted by Gasteiger charge is -2.31. The predicted molar refractivity (Wildman–Crippen MR) is 48.0 cm³/mol. The lowest BCUT2D eigenvalue weighted by molar-refractivity contribution is -0.134. The van der Waals surface area contributed by atoms with Crippen molar-refractivity contribution in [1.82, 2.24) is 0 Å². The maximum Gasteiger partial charge on any atom is 0.332 e. The van der Waals surface area contributed by atoms with Gasteiger partial charge in [-0.15, -0.1) is 0 Å². The smallest absolute Gasteiger partial charge is 0.332 e. The molecule has 0 aromatic carbocycles. The second kappa shape index (κ2) is 2.92. The molecule has 0 amide bonds. The number of allylic oxidation sites excluding steroid dienone is 1. The van der Waals surface area contributed by atoms with Gasteiger partial charge in [0.25, 0.3) is 0 Å². The molecule has 0 unspecified atom stereocenters. The Kier molecular flexibility index (Phi) is 2.27. The van der Waals surface area contributed by atoms with Gasteiger partial charge >= 0.3 is 5.97 Å². The van der Waals surface area contributed by atoms with Crippen molar-refractivity contribution in [3.63, 3.8) is 0 Å². The van der Waals surface area contributed by atoms with Gasteiger partial charge in [0.05, 0.1) is 0 Å². The first-order valence-electron chi connectivity index (χ1n) is 4.38. The highest BCUT2D eigenvalue weighted by Gasteiger charge is 2.32. The van der Waals surface area contributed by atoms with E-state index in [1.165, 1.54) is 0 Å². The van der Waals surface area contributed by atoms with Crippen LogP contribution in [-0.2, 0) is 4.79 Å². The third-order valence-electron chi connectivity index (χ3n) is 2.67. The van der Waals surface area contributed by atoms with E-state index in [9.17, 15) is 4.79 Å². The van der Waals surface area contributed by atoms with Crippen molar-refractivity contribution in [2.45, 2.75) is 40.0 Å². The molecule has 2 nitrogen and oxygen atoms in total. The summed E-state index contributed by atoms with van der Waals surface area (Å²) in [6.07, 6.45) is 3.06. The first-order valence-corrected chi connectivity index (χ1v) is 4.38. The zero-order valence-electron chi connectivity index (χ0n) is 7.98. The van der Waals surface area contributed by atoms with Crippen molar-refractivity contribution in [1.29, 1.82) is 0 Å². The molecule has 0 aliphatic heterocycles. The maximum absolute atomic E-state index is 10.9. The molecular weight excluding hydrogens is 152 g/mol. The van der Waals surface area contributed by atoms with Crippen LogP contribution in [0, 0.1) is 5.41 Å². The van der Waals surface area contributed by atoms with Gasteiger partial charge in [-0.25, -0.2) is 4.79 Å². The van der Waals surface area contributed by atoms with E-state index in [0.717, 1.165) is 24.8 Å². The van der Waals surface area contributed by atoms with Crippen LogP contribution in [-0.4, -0.2) is 11.1 Å². The topological polar surface area (TPSA) is 37.3 Å². The van der Waals surface area contributed by atoms with Crippen LogP contribution in [0.25, 0.3) is 0 Å². The summed E-state index contributed by atoms with van der Waals surface area (Å²) in [5, 5.41) is 8.99. The fourth-order valence-corrected chi connectivity index (χ4v) is 2.10. The summed E-state index contributed by atoms with van der Waals surface area (Å²) in [5.74, 6) is -0.739. The Labute approximate surface area is 73.3 Å². The standard InChI is InChI=1S/C10H16O2/c1-7-5-4-6-10(2,3)8(7)9(11)12/h4-6H2,1-3H3,(H,11,12). The molecule has 0 saturated heterocycles. The number of hydrogen-bond donors (Lipinski definition) is 1. The van der Waals surface area contributed by atoms with E-state index in [4.69, 9.17) is 5.11 Å². The minimum absolute atomic E-state index is 0.131. The van der Waals surface area contributed by atoms with Gasteiger partial charge in [-0.05, 0) is 31.6 Å². The molecule has 1 aliphatic rings. The monoisotopic (exact) mass is 168 g/mol. The van der Waals surface area contributed by atoms with Crippen LogP contribution in [0.2, 0.25) is 0 Å². The zero-order chi connectivity index (χ0) is 9.35. The average molecular weight is 168 g/mol. The van der Waals surface area contributed by atoms with Crippen molar-refractivity contribution in [3.8, 4) is 0 Å². The second-order valence-corrected chi connectivity index (χ2v) is 4.20. The summed E-state index contributed by atoms with van der Waals surface area (Å²) in [5.41, 5.74) is 1.56. The summed E-state index contributed by atoms with van der Waals surface area (Å²) in [6, 6.07) is 0. The molecular formula is C10H16O2. The van der Waals surface area contributed by atoms with Crippen LogP contribution in [0.1, 0.15) is 40.0 Å². The van der Waals surface area contributed by atoms with Crippen LogP contribution in [0.3, 0.4) is 0 Å².